The van der Waals surface area contributed by atoms with Crippen molar-refractivity contribution in [3.63, 3.8) is 0 Å². The van der Waals surface area contributed by atoms with Crippen molar-refractivity contribution in [3.05, 3.63) is 58.6 Å². The number of piperazine rings is 1. The number of halogens is 1. The number of nitrogens with zero attached hydrogens (tertiary/aromatic N) is 1. The number of hydrogen-bond donors (Lipinski definition) is 2. The summed E-state index contributed by atoms with van der Waals surface area (Å²) in [6.45, 7) is 7.51. The summed E-state index contributed by atoms with van der Waals surface area (Å²) in [6.07, 6.45) is 0. The number of hydrogen-bond acceptors (Lipinski definition) is 5. The summed E-state index contributed by atoms with van der Waals surface area (Å²) in [5.74, 6) is 1.41. The van der Waals surface area contributed by atoms with Crippen molar-refractivity contribution in [2.24, 2.45) is 0 Å². The molecule has 2 aromatic carbocycles. The van der Waals surface area contributed by atoms with Gasteiger partial charge in [-0.05, 0) is 11.6 Å². The summed E-state index contributed by atoms with van der Waals surface area (Å²) in [5, 5.41) is 7.54. The molecule has 0 aliphatic carbocycles. The Labute approximate surface area is 166 Å². The van der Waals surface area contributed by atoms with Gasteiger partial charge in [-0.25, -0.2) is 0 Å². The summed E-state index contributed by atoms with van der Waals surface area (Å²) < 4.78 is 11.6. The molecule has 1 aliphatic rings. The van der Waals surface area contributed by atoms with Gasteiger partial charge in [0.15, 0.2) is 11.5 Å². The molecule has 1 aliphatic heterocycles. The van der Waals surface area contributed by atoms with E-state index in [1.54, 1.807) is 13.2 Å². The maximum atomic E-state index is 6.27. The molecule has 1 saturated heterocycles. The number of methoxy groups -OCH3 is 1. The Morgan fingerprint density at radius 1 is 1.15 bits per heavy atom. The van der Waals surface area contributed by atoms with Crippen molar-refractivity contribution in [1.82, 2.24) is 15.5 Å². The summed E-state index contributed by atoms with van der Waals surface area (Å²) in [6, 6.07) is 13.9. The Balaban J connectivity index is 1.60. The molecule has 1 heterocycles. The highest BCUT2D eigenvalue weighted by Crippen LogP contribution is 2.35. The molecule has 5 nitrogen and oxygen atoms in total. The van der Waals surface area contributed by atoms with Gasteiger partial charge in [0.25, 0.3) is 0 Å². The van der Waals surface area contributed by atoms with Crippen molar-refractivity contribution in [2.75, 3.05) is 46.4 Å². The van der Waals surface area contributed by atoms with E-state index in [2.05, 4.69) is 15.5 Å². The third-order valence-electron chi connectivity index (χ3n) is 4.67. The van der Waals surface area contributed by atoms with E-state index in [0.29, 0.717) is 23.9 Å². The lowest BCUT2D eigenvalue weighted by molar-refractivity contribution is 0.240. The Kier molecular flexibility index (Phi) is 7.78. The van der Waals surface area contributed by atoms with Crippen LogP contribution in [0.5, 0.6) is 11.5 Å². The molecule has 146 valence electrons. The monoisotopic (exact) mass is 389 g/mol. The van der Waals surface area contributed by atoms with E-state index in [0.717, 1.165) is 56.1 Å². The van der Waals surface area contributed by atoms with E-state index in [-0.39, 0.29) is 0 Å². The topological polar surface area (TPSA) is 45.8 Å². The van der Waals surface area contributed by atoms with Crippen LogP contribution in [0.3, 0.4) is 0 Å². The SMILES string of the molecule is COc1cc(Cl)cc(CNCCN2CCNCC2)c1OCc1ccccc1. The number of benzene rings is 2. The van der Waals surface area contributed by atoms with Crippen LogP contribution in [-0.2, 0) is 13.2 Å². The maximum Gasteiger partial charge on any atom is 0.166 e. The van der Waals surface area contributed by atoms with E-state index in [4.69, 9.17) is 21.1 Å². The van der Waals surface area contributed by atoms with Crippen LogP contribution in [0, 0.1) is 0 Å². The van der Waals surface area contributed by atoms with Crippen LogP contribution < -0.4 is 20.1 Å². The molecular weight excluding hydrogens is 362 g/mol. The van der Waals surface area contributed by atoms with Gasteiger partial charge in [-0.3, -0.25) is 4.90 Å². The molecule has 6 heteroatoms. The van der Waals surface area contributed by atoms with Gasteiger partial charge in [-0.2, -0.15) is 0 Å². The van der Waals surface area contributed by atoms with Crippen LogP contribution in [0.25, 0.3) is 0 Å². The molecular formula is C21H28ClN3O2. The lowest BCUT2D eigenvalue weighted by Gasteiger charge is -2.27. The van der Waals surface area contributed by atoms with Crippen LogP contribution in [0.15, 0.2) is 42.5 Å². The largest absolute Gasteiger partial charge is 0.493 e. The second-order valence-electron chi connectivity index (χ2n) is 6.64. The zero-order chi connectivity index (χ0) is 18.9. The Bertz CT molecular complexity index is 706. The van der Waals surface area contributed by atoms with E-state index in [9.17, 15) is 0 Å². The van der Waals surface area contributed by atoms with E-state index in [1.807, 2.05) is 36.4 Å². The van der Waals surface area contributed by atoms with Crippen molar-refractivity contribution in [1.29, 1.82) is 0 Å². The van der Waals surface area contributed by atoms with E-state index >= 15 is 0 Å². The maximum absolute atomic E-state index is 6.27. The van der Waals surface area contributed by atoms with Crippen molar-refractivity contribution < 1.29 is 9.47 Å². The highest BCUT2D eigenvalue weighted by molar-refractivity contribution is 6.30. The molecule has 0 atom stereocenters. The van der Waals surface area contributed by atoms with Gasteiger partial charge in [-0.1, -0.05) is 41.9 Å². The van der Waals surface area contributed by atoms with Crippen LogP contribution in [0.2, 0.25) is 5.02 Å². The van der Waals surface area contributed by atoms with Crippen molar-refractivity contribution in [3.8, 4) is 11.5 Å². The molecule has 0 bridgehead atoms. The number of rotatable bonds is 9. The van der Waals surface area contributed by atoms with Crippen molar-refractivity contribution in [2.45, 2.75) is 13.2 Å². The van der Waals surface area contributed by atoms with E-state index in [1.165, 1.54) is 0 Å². The molecule has 0 spiro atoms. The normalized spacial score (nSPS) is 14.9. The summed E-state index contributed by atoms with van der Waals surface area (Å²) in [4.78, 5) is 2.47. The highest BCUT2D eigenvalue weighted by atomic mass is 35.5. The van der Waals surface area contributed by atoms with Gasteiger partial charge < -0.3 is 20.1 Å². The first-order valence-corrected chi connectivity index (χ1v) is 9.81. The molecule has 0 amide bonds. The zero-order valence-corrected chi connectivity index (χ0v) is 16.6. The second-order valence-corrected chi connectivity index (χ2v) is 7.08. The standard InChI is InChI=1S/C21H28ClN3O2/c1-26-20-14-19(22)13-18(15-24-9-12-25-10-7-23-8-11-25)21(20)27-16-17-5-3-2-4-6-17/h2-6,13-14,23-24H,7-12,15-16H2,1H3. The van der Waals surface area contributed by atoms with Gasteiger partial charge >= 0.3 is 0 Å². The predicted molar refractivity (Wildman–Crippen MR) is 110 cm³/mol. The first-order chi connectivity index (χ1) is 13.3. The third kappa shape index (κ3) is 6.11. The lowest BCUT2D eigenvalue weighted by Crippen LogP contribution is -2.45. The van der Waals surface area contributed by atoms with Crippen LogP contribution in [0.1, 0.15) is 11.1 Å². The molecule has 2 aromatic rings. The molecule has 2 N–H and O–H groups in total. The minimum absolute atomic E-state index is 0.493. The molecule has 0 unspecified atom stereocenters. The van der Waals surface area contributed by atoms with Crippen molar-refractivity contribution >= 4 is 11.6 Å². The molecule has 0 aromatic heterocycles. The molecule has 0 radical (unpaired) electrons. The zero-order valence-electron chi connectivity index (χ0n) is 15.8. The number of ether oxygens (including phenoxy) is 2. The Hall–Kier alpha value is -1.79. The quantitative estimate of drug-likeness (QED) is 0.646. The fraction of sp³-hybridized carbons (Fsp3) is 0.429. The van der Waals surface area contributed by atoms with Crippen LogP contribution in [0.4, 0.5) is 0 Å². The molecule has 27 heavy (non-hydrogen) atoms. The van der Waals surface area contributed by atoms with Gasteiger partial charge in [0, 0.05) is 62.5 Å². The smallest absolute Gasteiger partial charge is 0.166 e. The van der Waals surface area contributed by atoms with Gasteiger partial charge in [-0.15, -0.1) is 0 Å². The van der Waals surface area contributed by atoms with Gasteiger partial charge in [0.05, 0.1) is 7.11 Å². The highest BCUT2D eigenvalue weighted by Gasteiger charge is 2.14. The first kappa shape index (κ1) is 20.0. The first-order valence-electron chi connectivity index (χ1n) is 9.43. The third-order valence-corrected chi connectivity index (χ3v) is 4.89. The van der Waals surface area contributed by atoms with Gasteiger partial charge in [0.1, 0.15) is 6.61 Å². The number of nitrogens with one attached hydrogen (secondary N) is 2. The average Bonchev–Trinajstić information content (AvgIpc) is 2.71. The minimum atomic E-state index is 0.493. The molecule has 3 rings (SSSR count). The lowest BCUT2D eigenvalue weighted by atomic mass is 10.1. The summed E-state index contributed by atoms with van der Waals surface area (Å²) in [7, 11) is 1.64. The summed E-state index contributed by atoms with van der Waals surface area (Å²) in [5.41, 5.74) is 2.13. The fourth-order valence-corrected chi connectivity index (χ4v) is 3.42. The molecule has 0 saturated carbocycles. The van der Waals surface area contributed by atoms with E-state index < -0.39 is 0 Å². The van der Waals surface area contributed by atoms with Gasteiger partial charge in [0.2, 0.25) is 0 Å². The fourth-order valence-electron chi connectivity index (χ4n) is 3.19. The average molecular weight is 390 g/mol. The predicted octanol–water partition coefficient (Wildman–Crippen LogP) is 2.92. The van der Waals surface area contributed by atoms with Crippen LogP contribution >= 0.6 is 11.6 Å². The minimum Gasteiger partial charge on any atom is -0.493 e. The second kappa shape index (κ2) is 10.5. The Morgan fingerprint density at radius 2 is 1.93 bits per heavy atom. The summed E-state index contributed by atoms with van der Waals surface area (Å²) >= 11 is 6.27. The molecule has 1 fully saturated rings. The van der Waals surface area contributed by atoms with Crippen LogP contribution in [-0.4, -0.2) is 51.3 Å². The Morgan fingerprint density at radius 3 is 2.67 bits per heavy atom.